The Morgan fingerprint density at radius 3 is 2.83 bits per heavy atom. The number of para-hydroxylation sites is 1. The number of amides is 1. The Morgan fingerprint density at radius 2 is 2.06 bits per heavy atom. The van der Waals surface area contributed by atoms with Gasteiger partial charge in [-0.15, -0.1) is 0 Å². The number of hydrogen-bond donors (Lipinski definition) is 2. The number of nitrogens with one attached hydrogen (secondary N) is 1. The van der Waals surface area contributed by atoms with Gasteiger partial charge in [-0.05, 0) is 30.3 Å². The number of rotatable bonds is 7. The third-order valence-electron chi connectivity index (χ3n) is 5.94. The average Bonchev–Trinajstić information content (AvgIpc) is 3.28. The number of hydrogen-bond acceptors (Lipinski definition) is 6. The molecule has 1 amide bonds. The van der Waals surface area contributed by atoms with E-state index in [0.717, 1.165) is 11.1 Å². The van der Waals surface area contributed by atoms with E-state index in [4.69, 9.17) is 26.8 Å². The maximum Gasteiger partial charge on any atom is 0.266 e. The van der Waals surface area contributed by atoms with Crippen molar-refractivity contribution in [2.24, 2.45) is 5.73 Å². The molecule has 1 saturated heterocycles. The average molecular weight is 527 g/mol. The molecule has 0 bridgehead atoms. The molecule has 1 atom stereocenters. The van der Waals surface area contributed by atoms with E-state index in [1.165, 1.54) is 10.4 Å². The Morgan fingerprint density at radius 1 is 1.22 bits per heavy atom. The molecule has 1 aliphatic rings. The lowest BCUT2D eigenvalue weighted by molar-refractivity contribution is -0.0248. The van der Waals surface area contributed by atoms with Crippen molar-refractivity contribution in [3.63, 3.8) is 0 Å². The van der Waals surface area contributed by atoms with Crippen molar-refractivity contribution in [1.82, 2.24) is 14.3 Å². The molecule has 0 aliphatic carbocycles. The molecule has 9 nitrogen and oxygen atoms in total. The van der Waals surface area contributed by atoms with Crippen LogP contribution in [0, 0.1) is 0 Å². The second-order valence-electron chi connectivity index (χ2n) is 8.29. The SMILES string of the molecule is NC(=O)c1[nH]c2ccc(Cl)cc2c1S(=O)(=O)N1CCO[C@H](COc2ccccc2-c2cccnc2)C1. The number of benzene rings is 2. The topological polar surface area (TPSA) is 128 Å². The lowest BCUT2D eigenvalue weighted by atomic mass is 10.1. The van der Waals surface area contributed by atoms with E-state index in [-0.39, 0.29) is 36.9 Å². The highest BCUT2D eigenvalue weighted by molar-refractivity contribution is 7.89. The maximum absolute atomic E-state index is 13.7. The summed E-state index contributed by atoms with van der Waals surface area (Å²) in [6, 6.07) is 16.0. The predicted molar refractivity (Wildman–Crippen MR) is 135 cm³/mol. The van der Waals surface area contributed by atoms with Crippen LogP contribution in [0.1, 0.15) is 10.5 Å². The number of aromatic amines is 1. The molecule has 5 rings (SSSR count). The van der Waals surface area contributed by atoms with Crippen LogP contribution < -0.4 is 10.5 Å². The minimum absolute atomic E-state index is 0.0445. The summed E-state index contributed by atoms with van der Waals surface area (Å²) >= 11 is 6.12. The van der Waals surface area contributed by atoms with E-state index < -0.39 is 22.0 Å². The molecule has 3 heterocycles. The highest BCUT2D eigenvalue weighted by atomic mass is 35.5. The third kappa shape index (κ3) is 4.68. The van der Waals surface area contributed by atoms with Crippen molar-refractivity contribution < 1.29 is 22.7 Å². The summed E-state index contributed by atoms with van der Waals surface area (Å²) in [5, 5.41) is 0.649. The summed E-state index contributed by atoms with van der Waals surface area (Å²) in [5.41, 5.74) is 7.55. The number of halogens is 1. The minimum atomic E-state index is -4.11. The van der Waals surface area contributed by atoms with Gasteiger partial charge in [0.1, 0.15) is 29.0 Å². The normalized spacial score (nSPS) is 16.8. The Bertz CT molecular complexity index is 1520. The number of fused-ring (bicyclic) bond motifs is 1. The summed E-state index contributed by atoms with van der Waals surface area (Å²) in [7, 11) is -4.11. The first-order valence-electron chi connectivity index (χ1n) is 11.2. The molecule has 3 N–H and O–H groups in total. The molecule has 4 aromatic rings. The molecule has 1 aliphatic heterocycles. The summed E-state index contributed by atoms with van der Waals surface area (Å²) in [4.78, 5) is 18.9. The number of sulfonamides is 1. The van der Waals surface area contributed by atoms with Crippen molar-refractivity contribution in [3.05, 3.63) is 77.7 Å². The first-order chi connectivity index (χ1) is 17.3. The van der Waals surface area contributed by atoms with Crippen LogP contribution in [0.25, 0.3) is 22.0 Å². The van der Waals surface area contributed by atoms with Crippen LogP contribution in [-0.2, 0) is 14.8 Å². The quantitative estimate of drug-likeness (QED) is 0.379. The van der Waals surface area contributed by atoms with Crippen molar-refractivity contribution in [2.75, 3.05) is 26.3 Å². The summed E-state index contributed by atoms with van der Waals surface area (Å²) in [6.07, 6.45) is 2.92. The summed E-state index contributed by atoms with van der Waals surface area (Å²) in [6.45, 7) is 0.470. The van der Waals surface area contributed by atoms with Gasteiger partial charge < -0.3 is 20.2 Å². The lowest BCUT2D eigenvalue weighted by Crippen LogP contribution is -2.47. The van der Waals surface area contributed by atoms with Crippen LogP contribution >= 0.6 is 11.6 Å². The number of pyridine rings is 1. The monoisotopic (exact) mass is 526 g/mol. The zero-order valence-electron chi connectivity index (χ0n) is 19.1. The van der Waals surface area contributed by atoms with Crippen LogP contribution in [-0.4, -0.2) is 61.0 Å². The zero-order chi connectivity index (χ0) is 25.3. The number of H-pyrrole nitrogens is 1. The van der Waals surface area contributed by atoms with Gasteiger partial charge in [0, 0.05) is 52.5 Å². The fourth-order valence-corrected chi connectivity index (χ4v) is 6.22. The molecular formula is C25H23ClN4O5S. The van der Waals surface area contributed by atoms with Crippen molar-refractivity contribution in [2.45, 2.75) is 11.0 Å². The number of aromatic nitrogens is 2. The Hall–Kier alpha value is -3.44. The molecule has 0 unspecified atom stereocenters. The van der Waals surface area contributed by atoms with Crippen molar-refractivity contribution >= 4 is 38.4 Å². The molecule has 186 valence electrons. The first-order valence-corrected chi connectivity index (χ1v) is 13.0. The van der Waals surface area contributed by atoms with Gasteiger partial charge in [0.15, 0.2) is 0 Å². The van der Waals surface area contributed by atoms with Crippen molar-refractivity contribution in [1.29, 1.82) is 0 Å². The van der Waals surface area contributed by atoms with Crippen molar-refractivity contribution in [3.8, 4) is 16.9 Å². The molecule has 2 aromatic heterocycles. The largest absolute Gasteiger partial charge is 0.490 e. The van der Waals surface area contributed by atoms with E-state index in [1.54, 1.807) is 24.5 Å². The fraction of sp³-hybridized carbons (Fsp3) is 0.200. The molecule has 1 fully saturated rings. The van der Waals surface area contributed by atoms with Crippen LogP contribution in [0.3, 0.4) is 0 Å². The Balaban J connectivity index is 1.38. The van der Waals surface area contributed by atoms with E-state index in [9.17, 15) is 13.2 Å². The van der Waals surface area contributed by atoms with Gasteiger partial charge in [-0.2, -0.15) is 4.31 Å². The van der Waals surface area contributed by atoms with Gasteiger partial charge in [-0.3, -0.25) is 9.78 Å². The first kappa shape index (κ1) is 24.3. The molecule has 11 heteroatoms. The molecule has 2 aromatic carbocycles. The van der Waals surface area contributed by atoms with Gasteiger partial charge in [-0.25, -0.2) is 8.42 Å². The fourth-order valence-electron chi connectivity index (χ4n) is 4.26. The molecule has 0 radical (unpaired) electrons. The number of morpholine rings is 1. The standard InChI is InChI=1S/C25H23ClN4O5S/c26-17-7-8-21-20(12-17)24(23(29-21)25(27)31)36(32,33)30-10-11-34-18(14-30)15-35-22-6-2-1-5-19(22)16-4-3-9-28-13-16/h1-9,12-13,18,29H,10-11,14-15H2,(H2,27,31)/t18-/m0/s1. The van der Waals surface area contributed by atoms with Crippen LogP contribution in [0.5, 0.6) is 5.75 Å². The third-order valence-corrected chi connectivity index (χ3v) is 8.13. The van der Waals surface area contributed by atoms with E-state index in [1.807, 2.05) is 36.4 Å². The molecule has 0 saturated carbocycles. The van der Waals surface area contributed by atoms with Gasteiger partial charge in [0.25, 0.3) is 5.91 Å². The Labute approximate surface area is 212 Å². The van der Waals surface area contributed by atoms with Gasteiger partial charge >= 0.3 is 0 Å². The van der Waals surface area contributed by atoms with Crippen LogP contribution in [0.15, 0.2) is 71.9 Å². The number of carbonyl (C=O) groups excluding carboxylic acids is 1. The van der Waals surface area contributed by atoms with E-state index >= 15 is 0 Å². The minimum Gasteiger partial charge on any atom is -0.490 e. The van der Waals surface area contributed by atoms with E-state index in [2.05, 4.69) is 9.97 Å². The van der Waals surface area contributed by atoms with Gasteiger partial charge in [0.05, 0.1) is 6.61 Å². The number of ether oxygens (including phenoxy) is 2. The zero-order valence-corrected chi connectivity index (χ0v) is 20.6. The number of primary amides is 1. The van der Waals surface area contributed by atoms with Crippen LogP contribution in [0.4, 0.5) is 0 Å². The lowest BCUT2D eigenvalue weighted by Gasteiger charge is -2.32. The highest BCUT2D eigenvalue weighted by Crippen LogP contribution is 2.33. The molecular weight excluding hydrogens is 504 g/mol. The maximum atomic E-state index is 13.7. The highest BCUT2D eigenvalue weighted by Gasteiger charge is 2.36. The van der Waals surface area contributed by atoms with Gasteiger partial charge in [0.2, 0.25) is 10.0 Å². The number of carbonyl (C=O) groups is 1. The number of nitrogens with zero attached hydrogens (tertiary/aromatic N) is 2. The van der Waals surface area contributed by atoms with Crippen LogP contribution in [0.2, 0.25) is 5.02 Å². The van der Waals surface area contributed by atoms with Gasteiger partial charge in [-0.1, -0.05) is 35.9 Å². The molecule has 36 heavy (non-hydrogen) atoms. The second kappa shape index (κ2) is 9.90. The summed E-state index contributed by atoms with van der Waals surface area (Å²) < 4.78 is 40.6. The smallest absolute Gasteiger partial charge is 0.266 e. The second-order valence-corrected chi connectivity index (χ2v) is 10.6. The summed E-state index contributed by atoms with van der Waals surface area (Å²) in [5.74, 6) is -0.239. The Kier molecular flexibility index (Phi) is 6.67. The number of nitrogens with two attached hydrogens (primary N) is 1. The van der Waals surface area contributed by atoms with E-state index in [0.29, 0.717) is 21.7 Å². The predicted octanol–water partition coefficient (Wildman–Crippen LogP) is 3.45. The molecule has 0 spiro atoms.